The summed E-state index contributed by atoms with van der Waals surface area (Å²) >= 11 is 1.66. The zero-order valence-electron chi connectivity index (χ0n) is 15.3. The Morgan fingerprint density at radius 3 is 2.74 bits per heavy atom. The minimum atomic E-state index is -0.974. The molecule has 0 radical (unpaired) electrons. The van der Waals surface area contributed by atoms with Gasteiger partial charge in [-0.15, -0.1) is 11.3 Å². The van der Waals surface area contributed by atoms with Crippen molar-refractivity contribution in [1.82, 2.24) is 15.0 Å². The third-order valence-corrected chi connectivity index (χ3v) is 5.93. The Bertz CT molecular complexity index is 1070. The van der Waals surface area contributed by atoms with E-state index in [9.17, 15) is 14.7 Å². The zero-order chi connectivity index (χ0) is 19.3. The van der Waals surface area contributed by atoms with Crippen LogP contribution in [0.1, 0.15) is 38.6 Å². The van der Waals surface area contributed by atoms with E-state index in [1.807, 2.05) is 19.9 Å². The second-order valence-corrected chi connectivity index (χ2v) is 8.29. The van der Waals surface area contributed by atoms with Gasteiger partial charge in [-0.25, -0.2) is 9.78 Å². The molecule has 0 aromatic carbocycles. The first-order chi connectivity index (χ1) is 12.9. The number of likely N-dealkylation sites (tertiary alicyclic amines) is 1. The molecule has 0 spiro atoms. The number of carbonyl (C=O) groups excluding carboxylic acids is 1. The molecule has 27 heavy (non-hydrogen) atoms. The Hall–Kier alpha value is -2.74. The lowest BCUT2D eigenvalue weighted by Crippen LogP contribution is -2.40. The maximum absolute atomic E-state index is 13.3. The molecule has 3 aromatic rings. The van der Waals surface area contributed by atoms with Gasteiger partial charge in [0.15, 0.2) is 0 Å². The highest BCUT2D eigenvalue weighted by Gasteiger charge is 2.36. The second-order valence-electron chi connectivity index (χ2n) is 6.82. The maximum atomic E-state index is 13.3. The molecule has 1 aliphatic heterocycles. The van der Waals surface area contributed by atoms with Crippen molar-refractivity contribution in [3.05, 3.63) is 33.1 Å². The number of thiophene rings is 1. The SMILES string of the molecule is Cc1cc(-c2cc(C(=O)N3CCC[C@H]3C(=O)O)c3c(C)noc3n2)c(C)s1. The molecule has 1 fully saturated rings. The average Bonchev–Trinajstić information content (AvgIpc) is 3.32. The lowest BCUT2D eigenvalue weighted by molar-refractivity contribution is -0.141. The minimum absolute atomic E-state index is 0.294. The van der Waals surface area contributed by atoms with Crippen molar-refractivity contribution in [3.8, 4) is 11.3 Å². The van der Waals surface area contributed by atoms with Crippen LogP contribution in [0.4, 0.5) is 0 Å². The molecule has 1 N–H and O–H groups in total. The number of nitrogens with zero attached hydrogens (tertiary/aromatic N) is 3. The summed E-state index contributed by atoms with van der Waals surface area (Å²) in [6.45, 7) is 6.21. The van der Waals surface area contributed by atoms with Crippen LogP contribution in [0, 0.1) is 20.8 Å². The standard InChI is InChI=1S/C19H19N3O4S/c1-9-7-12(11(3)27-9)14-8-13(16-10(2)21-26-17(16)20-14)18(23)22-6-4-5-15(22)19(24)25/h7-8,15H,4-6H2,1-3H3,(H,24,25)/t15-/m0/s1. The molecule has 1 aliphatic rings. The number of carboxylic acids is 1. The fourth-order valence-corrected chi connectivity index (χ4v) is 4.64. The predicted octanol–water partition coefficient (Wildman–Crippen LogP) is 3.57. The van der Waals surface area contributed by atoms with Gasteiger partial charge < -0.3 is 14.5 Å². The Balaban J connectivity index is 1.88. The van der Waals surface area contributed by atoms with Crippen LogP contribution in [0.2, 0.25) is 0 Å². The van der Waals surface area contributed by atoms with E-state index < -0.39 is 12.0 Å². The van der Waals surface area contributed by atoms with Crippen molar-refractivity contribution >= 4 is 34.3 Å². The van der Waals surface area contributed by atoms with Crippen molar-refractivity contribution in [1.29, 1.82) is 0 Å². The van der Waals surface area contributed by atoms with Crippen LogP contribution in [0.25, 0.3) is 22.4 Å². The Morgan fingerprint density at radius 2 is 2.07 bits per heavy atom. The summed E-state index contributed by atoms with van der Waals surface area (Å²) in [6.07, 6.45) is 1.14. The van der Waals surface area contributed by atoms with E-state index in [4.69, 9.17) is 4.52 Å². The summed E-state index contributed by atoms with van der Waals surface area (Å²) < 4.78 is 5.34. The molecule has 0 bridgehead atoms. The Morgan fingerprint density at radius 1 is 1.30 bits per heavy atom. The lowest BCUT2D eigenvalue weighted by Gasteiger charge is -2.22. The van der Waals surface area contributed by atoms with Crippen molar-refractivity contribution in [2.75, 3.05) is 6.54 Å². The van der Waals surface area contributed by atoms with Crippen molar-refractivity contribution in [2.45, 2.75) is 39.7 Å². The minimum Gasteiger partial charge on any atom is -0.480 e. The first-order valence-corrected chi connectivity index (χ1v) is 9.56. The van der Waals surface area contributed by atoms with Gasteiger partial charge in [-0.05, 0) is 45.7 Å². The van der Waals surface area contributed by atoms with Crippen LogP contribution in [-0.4, -0.2) is 44.6 Å². The number of pyridine rings is 1. The zero-order valence-corrected chi connectivity index (χ0v) is 16.1. The van der Waals surface area contributed by atoms with Crippen LogP contribution in [0.5, 0.6) is 0 Å². The number of aliphatic carboxylic acids is 1. The smallest absolute Gasteiger partial charge is 0.326 e. The number of amides is 1. The highest BCUT2D eigenvalue weighted by atomic mass is 32.1. The summed E-state index contributed by atoms with van der Waals surface area (Å²) in [5, 5.41) is 13.9. The maximum Gasteiger partial charge on any atom is 0.326 e. The number of hydrogen-bond donors (Lipinski definition) is 1. The Kier molecular flexibility index (Phi) is 4.22. The first-order valence-electron chi connectivity index (χ1n) is 8.75. The summed E-state index contributed by atoms with van der Waals surface area (Å²) in [7, 11) is 0. The van der Waals surface area contributed by atoms with E-state index in [0.717, 1.165) is 15.3 Å². The van der Waals surface area contributed by atoms with E-state index in [1.165, 1.54) is 4.90 Å². The van der Waals surface area contributed by atoms with Gasteiger partial charge in [-0.3, -0.25) is 4.79 Å². The topological polar surface area (TPSA) is 96.5 Å². The molecule has 0 aliphatic carbocycles. The molecular weight excluding hydrogens is 366 g/mol. The van der Waals surface area contributed by atoms with Gasteiger partial charge in [0.1, 0.15) is 6.04 Å². The number of fused-ring (bicyclic) bond motifs is 1. The van der Waals surface area contributed by atoms with Crippen LogP contribution in [-0.2, 0) is 4.79 Å². The molecule has 0 unspecified atom stereocenters. The molecule has 140 valence electrons. The van der Waals surface area contributed by atoms with E-state index in [2.05, 4.69) is 10.1 Å². The molecule has 8 heteroatoms. The van der Waals surface area contributed by atoms with Gasteiger partial charge in [-0.1, -0.05) is 5.16 Å². The van der Waals surface area contributed by atoms with Gasteiger partial charge in [0, 0.05) is 21.9 Å². The van der Waals surface area contributed by atoms with Crippen molar-refractivity contribution < 1.29 is 19.2 Å². The van der Waals surface area contributed by atoms with Gasteiger partial charge >= 0.3 is 5.97 Å². The van der Waals surface area contributed by atoms with E-state index in [0.29, 0.717) is 47.4 Å². The molecule has 0 saturated carbocycles. The lowest BCUT2D eigenvalue weighted by atomic mass is 10.0. The molecular formula is C19H19N3O4S. The van der Waals surface area contributed by atoms with E-state index >= 15 is 0 Å². The highest BCUT2D eigenvalue weighted by Crippen LogP contribution is 2.34. The largest absolute Gasteiger partial charge is 0.480 e. The number of rotatable bonds is 3. The quantitative estimate of drug-likeness (QED) is 0.740. The van der Waals surface area contributed by atoms with E-state index in [-0.39, 0.29) is 5.91 Å². The van der Waals surface area contributed by atoms with Crippen LogP contribution < -0.4 is 0 Å². The average molecular weight is 385 g/mol. The van der Waals surface area contributed by atoms with Crippen molar-refractivity contribution in [2.24, 2.45) is 0 Å². The number of aryl methyl sites for hydroxylation is 3. The normalized spacial score (nSPS) is 17.0. The van der Waals surface area contributed by atoms with Gasteiger partial charge in [0.2, 0.25) is 0 Å². The fraction of sp³-hybridized carbons (Fsp3) is 0.368. The van der Waals surface area contributed by atoms with Crippen molar-refractivity contribution in [3.63, 3.8) is 0 Å². The second kappa shape index (κ2) is 6.45. The molecule has 4 heterocycles. The predicted molar refractivity (Wildman–Crippen MR) is 101 cm³/mol. The molecule has 7 nitrogen and oxygen atoms in total. The van der Waals surface area contributed by atoms with E-state index in [1.54, 1.807) is 24.3 Å². The monoisotopic (exact) mass is 385 g/mol. The van der Waals surface area contributed by atoms with Crippen LogP contribution in [0.3, 0.4) is 0 Å². The highest BCUT2D eigenvalue weighted by molar-refractivity contribution is 7.12. The summed E-state index contributed by atoms with van der Waals surface area (Å²) in [4.78, 5) is 33.0. The number of hydrogen-bond acceptors (Lipinski definition) is 6. The number of aromatic nitrogens is 2. The first kappa shape index (κ1) is 17.7. The third-order valence-electron chi connectivity index (χ3n) is 4.96. The number of carbonyl (C=O) groups is 2. The van der Waals surface area contributed by atoms with Gasteiger partial charge in [0.25, 0.3) is 11.6 Å². The number of carboxylic acid groups (broad SMARTS) is 1. The van der Waals surface area contributed by atoms with Crippen LogP contribution >= 0.6 is 11.3 Å². The van der Waals surface area contributed by atoms with Crippen LogP contribution in [0.15, 0.2) is 16.7 Å². The Labute approximate surface area is 159 Å². The summed E-state index contributed by atoms with van der Waals surface area (Å²) in [5.74, 6) is -1.29. The molecule has 3 aromatic heterocycles. The summed E-state index contributed by atoms with van der Waals surface area (Å²) in [6, 6.07) is 2.97. The van der Waals surface area contributed by atoms with Gasteiger partial charge in [0.05, 0.1) is 22.3 Å². The molecule has 1 amide bonds. The molecule has 4 rings (SSSR count). The third kappa shape index (κ3) is 2.90. The summed E-state index contributed by atoms with van der Waals surface area (Å²) in [5.41, 5.74) is 2.83. The molecule has 1 saturated heterocycles. The van der Waals surface area contributed by atoms with Gasteiger partial charge in [-0.2, -0.15) is 0 Å². The fourth-order valence-electron chi connectivity index (χ4n) is 3.71. The molecule has 1 atom stereocenters.